The van der Waals surface area contributed by atoms with Crippen LogP contribution in [0.2, 0.25) is 0 Å². The molecule has 2 heterocycles. The first-order valence-electron chi connectivity index (χ1n) is 6.59. The Bertz CT molecular complexity index is 871. The van der Waals surface area contributed by atoms with Gasteiger partial charge in [0.25, 0.3) is 5.91 Å². The van der Waals surface area contributed by atoms with E-state index in [1.165, 1.54) is 6.07 Å². The molecule has 0 atom stereocenters. The Labute approximate surface area is 128 Å². The molecular weight excluding hydrogens is 310 g/mol. The van der Waals surface area contributed by atoms with Gasteiger partial charge in [0.2, 0.25) is 0 Å². The smallest absolute Gasteiger partial charge is 0.275 e. The zero-order chi connectivity index (χ0) is 15.9. The van der Waals surface area contributed by atoms with Crippen molar-refractivity contribution in [3.63, 3.8) is 0 Å². The Morgan fingerprint density at radius 1 is 1.36 bits per heavy atom. The van der Waals surface area contributed by atoms with Crippen molar-refractivity contribution in [1.29, 1.82) is 0 Å². The van der Waals surface area contributed by atoms with Gasteiger partial charge in [0, 0.05) is 12.6 Å². The predicted octanol–water partition coefficient (Wildman–Crippen LogP) is 3.35. The number of hydrogen-bond acceptors (Lipinski definition) is 4. The van der Waals surface area contributed by atoms with Gasteiger partial charge in [-0.25, -0.2) is 13.8 Å². The maximum absolute atomic E-state index is 13.6. The minimum atomic E-state index is -0.749. The van der Waals surface area contributed by atoms with Gasteiger partial charge in [-0.3, -0.25) is 14.8 Å². The lowest BCUT2D eigenvalue weighted by Gasteiger charge is -2.03. The summed E-state index contributed by atoms with van der Waals surface area (Å²) in [5, 5.41) is 7.00. The molecule has 1 N–H and O–H groups in total. The molecule has 0 aliphatic carbocycles. The highest BCUT2D eigenvalue weighted by molar-refractivity contribution is 7.22. The number of rotatable bonds is 3. The summed E-state index contributed by atoms with van der Waals surface area (Å²) >= 11 is 1.02. The number of aromatic nitrogens is 3. The minimum absolute atomic E-state index is 0.0434. The molecule has 0 saturated carbocycles. The van der Waals surface area contributed by atoms with Crippen molar-refractivity contribution in [3.05, 3.63) is 41.2 Å². The molecule has 0 bridgehead atoms. The second-order valence-electron chi connectivity index (χ2n) is 4.69. The summed E-state index contributed by atoms with van der Waals surface area (Å²) in [6.45, 7) is 4.22. The molecule has 114 valence electrons. The topological polar surface area (TPSA) is 59.8 Å². The van der Waals surface area contributed by atoms with E-state index in [4.69, 9.17) is 0 Å². The second kappa shape index (κ2) is 5.45. The number of nitrogens with zero attached hydrogens (tertiary/aromatic N) is 3. The van der Waals surface area contributed by atoms with Crippen molar-refractivity contribution < 1.29 is 13.6 Å². The third kappa shape index (κ3) is 2.57. The van der Waals surface area contributed by atoms with Crippen LogP contribution in [0.5, 0.6) is 0 Å². The molecule has 8 heteroatoms. The number of benzene rings is 1. The average Bonchev–Trinajstić information content (AvgIpc) is 3.01. The van der Waals surface area contributed by atoms with E-state index >= 15 is 0 Å². The quantitative estimate of drug-likeness (QED) is 0.804. The van der Waals surface area contributed by atoms with Crippen molar-refractivity contribution in [1.82, 2.24) is 14.8 Å². The van der Waals surface area contributed by atoms with Crippen LogP contribution < -0.4 is 5.32 Å². The van der Waals surface area contributed by atoms with Crippen molar-refractivity contribution >= 4 is 32.6 Å². The molecule has 22 heavy (non-hydrogen) atoms. The number of carbonyl (C=O) groups excluding carboxylic acids is 1. The first-order chi connectivity index (χ1) is 10.5. The van der Waals surface area contributed by atoms with Gasteiger partial charge in [0.15, 0.2) is 10.9 Å². The lowest BCUT2D eigenvalue weighted by molar-refractivity contribution is 0.101. The summed E-state index contributed by atoms with van der Waals surface area (Å²) in [5.41, 5.74) is 1.16. The molecule has 3 aromatic rings. The Hall–Kier alpha value is -2.35. The number of nitrogens with one attached hydrogen (secondary N) is 1. The fourth-order valence-corrected chi connectivity index (χ4v) is 3.04. The molecule has 2 aromatic heterocycles. The first-order valence-corrected chi connectivity index (χ1v) is 7.41. The summed E-state index contributed by atoms with van der Waals surface area (Å²) in [7, 11) is 0. The zero-order valence-electron chi connectivity index (χ0n) is 11.9. The Morgan fingerprint density at radius 3 is 2.86 bits per heavy atom. The molecular formula is C14H12F2N4OS. The van der Waals surface area contributed by atoms with Gasteiger partial charge in [-0.15, -0.1) is 0 Å². The number of anilines is 1. The van der Waals surface area contributed by atoms with Crippen LogP contribution in [0.1, 0.15) is 23.1 Å². The van der Waals surface area contributed by atoms with E-state index in [9.17, 15) is 13.6 Å². The molecule has 1 aromatic carbocycles. The van der Waals surface area contributed by atoms with Crippen LogP contribution >= 0.6 is 11.3 Å². The van der Waals surface area contributed by atoms with E-state index in [-0.39, 0.29) is 16.6 Å². The van der Waals surface area contributed by atoms with E-state index in [0.29, 0.717) is 16.9 Å². The van der Waals surface area contributed by atoms with Crippen LogP contribution in [-0.2, 0) is 6.54 Å². The molecule has 0 aliphatic heterocycles. The SMILES string of the molecule is CCn1nc(C)cc1C(=O)Nc1nc2c(F)cc(F)cc2s1. The summed E-state index contributed by atoms with van der Waals surface area (Å²) < 4.78 is 28.7. The number of hydrogen-bond donors (Lipinski definition) is 1. The van der Waals surface area contributed by atoms with Gasteiger partial charge >= 0.3 is 0 Å². The monoisotopic (exact) mass is 322 g/mol. The maximum atomic E-state index is 13.6. The van der Waals surface area contributed by atoms with Crippen LogP contribution in [0.4, 0.5) is 13.9 Å². The van der Waals surface area contributed by atoms with Crippen LogP contribution in [0.25, 0.3) is 10.2 Å². The largest absolute Gasteiger partial charge is 0.296 e. The highest BCUT2D eigenvalue weighted by Crippen LogP contribution is 2.29. The number of fused-ring (bicyclic) bond motifs is 1. The van der Waals surface area contributed by atoms with Crippen molar-refractivity contribution in [3.8, 4) is 0 Å². The van der Waals surface area contributed by atoms with Crippen molar-refractivity contribution in [2.45, 2.75) is 20.4 Å². The van der Waals surface area contributed by atoms with Gasteiger partial charge in [0.1, 0.15) is 17.0 Å². The van der Waals surface area contributed by atoms with Crippen molar-refractivity contribution in [2.24, 2.45) is 0 Å². The summed E-state index contributed by atoms with van der Waals surface area (Å²) in [6, 6.07) is 3.61. The van der Waals surface area contributed by atoms with E-state index in [1.54, 1.807) is 17.7 Å². The maximum Gasteiger partial charge on any atom is 0.275 e. The third-order valence-corrected chi connectivity index (χ3v) is 3.99. The molecule has 5 nitrogen and oxygen atoms in total. The number of amides is 1. The number of thiazole rings is 1. The van der Waals surface area contributed by atoms with Crippen LogP contribution in [0.15, 0.2) is 18.2 Å². The number of carbonyl (C=O) groups is 1. The summed E-state index contributed by atoms with van der Waals surface area (Å²) in [4.78, 5) is 16.3. The van der Waals surface area contributed by atoms with Crippen molar-refractivity contribution in [2.75, 3.05) is 5.32 Å². The lowest BCUT2D eigenvalue weighted by Crippen LogP contribution is -2.17. The third-order valence-electron chi connectivity index (χ3n) is 3.07. The fourth-order valence-electron chi connectivity index (χ4n) is 2.14. The standard InChI is InChI=1S/C14H12F2N4OS/c1-3-20-10(4-7(2)19-20)13(21)18-14-17-12-9(16)5-8(15)6-11(12)22-14/h4-6H,3H2,1-2H3,(H,17,18,21). The lowest BCUT2D eigenvalue weighted by atomic mass is 10.3. The molecule has 0 aliphatic rings. The van der Waals surface area contributed by atoms with E-state index in [0.717, 1.165) is 23.1 Å². The highest BCUT2D eigenvalue weighted by Gasteiger charge is 2.16. The van der Waals surface area contributed by atoms with Crippen LogP contribution in [0.3, 0.4) is 0 Å². The second-order valence-corrected chi connectivity index (χ2v) is 5.72. The zero-order valence-corrected chi connectivity index (χ0v) is 12.7. The van der Waals surface area contributed by atoms with Crippen LogP contribution in [-0.4, -0.2) is 20.7 Å². The molecule has 1 amide bonds. The molecule has 0 saturated heterocycles. The molecule has 0 unspecified atom stereocenters. The van der Waals surface area contributed by atoms with E-state index in [2.05, 4.69) is 15.4 Å². The summed E-state index contributed by atoms with van der Waals surface area (Å²) in [6.07, 6.45) is 0. The van der Waals surface area contributed by atoms with Gasteiger partial charge in [0.05, 0.1) is 10.4 Å². The minimum Gasteiger partial charge on any atom is -0.296 e. The fraction of sp³-hybridized carbons (Fsp3) is 0.214. The van der Waals surface area contributed by atoms with E-state index < -0.39 is 11.6 Å². The van der Waals surface area contributed by atoms with Crippen LogP contribution in [0, 0.1) is 18.6 Å². The molecule has 0 spiro atoms. The van der Waals surface area contributed by atoms with Gasteiger partial charge < -0.3 is 0 Å². The van der Waals surface area contributed by atoms with E-state index in [1.807, 2.05) is 6.92 Å². The molecule has 0 fully saturated rings. The van der Waals surface area contributed by atoms with Gasteiger partial charge in [-0.2, -0.15) is 5.10 Å². The average molecular weight is 322 g/mol. The number of halogens is 2. The Kier molecular flexibility index (Phi) is 3.61. The summed E-state index contributed by atoms with van der Waals surface area (Å²) in [5.74, 6) is -1.81. The Balaban J connectivity index is 1.92. The van der Waals surface area contributed by atoms with Gasteiger partial charge in [-0.1, -0.05) is 11.3 Å². The number of aryl methyl sites for hydroxylation is 2. The first kappa shape index (κ1) is 14.6. The molecule has 3 rings (SSSR count). The van der Waals surface area contributed by atoms with Gasteiger partial charge in [-0.05, 0) is 26.0 Å². The Morgan fingerprint density at radius 2 is 2.14 bits per heavy atom. The predicted molar refractivity (Wildman–Crippen MR) is 80.1 cm³/mol. The highest BCUT2D eigenvalue weighted by atomic mass is 32.1. The normalized spacial score (nSPS) is 11.1. The molecule has 0 radical (unpaired) electrons.